The molecule has 2 unspecified atom stereocenters. The van der Waals surface area contributed by atoms with Crippen molar-refractivity contribution in [3.05, 3.63) is 59.7 Å². The molecule has 7 nitrogen and oxygen atoms in total. The monoisotopic (exact) mass is 452 g/mol. The molecule has 4 atom stereocenters. The van der Waals surface area contributed by atoms with E-state index in [1.807, 2.05) is 50.2 Å². The Labute approximate surface area is 194 Å². The molecule has 0 aromatic heterocycles. The molecule has 0 aliphatic heterocycles. The van der Waals surface area contributed by atoms with Gasteiger partial charge in [0.25, 0.3) is 0 Å². The fourth-order valence-electron chi connectivity index (χ4n) is 4.12. The molecule has 0 radical (unpaired) electrons. The molecule has 0 spiro atoms. The predicted octanol–water partition coefficient (Wildman–Crippen LogP) is 4.17. The van der Waals surface area contributed by atoms with E-state index in [0.717, 1.165) is 22.3 Å². The molecule has 176 valence electrons. The number of alkyl carbamates (subject to hydrolysis) is 1. The summed E-state index contributed by atoms with van der Waals surface area (Å²) in [6, 6.07) is 14.7. The van der Waals surface area contributed by atoms with Gasteiger partial charge in [0.15, 0.2) is 0 Å². The number of aliphatic carboxylic acids is 1. The summed E-state index contributed by atoms with van der Waals surface area (Å²) in [7, 11) is 0. The first kappa shape index (κ1) is 24.3. The summed E-state index contributed by atoms with van der Waals surface area (Å²) in [5, 5.41) is 14.6. The van der Waals surface area contributed by atoms with Crippen LogP contribution >= 0.6 is 0 Å². The third-order valence-corrected chi connectivity index (χ3v) is 6.62. The highest BCUT2D eigenvalue weighted by atomic mass is 16.5. The fourth-order valence-corrected chi connectivity index (χ4v) is 4.12. The van der Waals surface area contributed by atoms with Crippen LogP contribution in [0.5, 0.6) is 0 Å². The van der Waals surface area contributed by atoms with E-state index in [0.29, 0.717) is 6.42 Å². The molecular weight excluding hydrogens is 420 g/mol. The minimum atomic E-state index is -0.993. The van der Waals surface area contributed by atoms with Crippen molar-refractivity contribution in [1.82, 2.24) is 10.6 Å². The van der Waals surface area contributed by atoms with Gasteiger partial charge in [0.05, 0.1) is 5.92 Å². The lowest BCUT2D eigenvalue weighted by molar-refractivity contribution is -0.142. The van der Waals surface area contributed by atoms with Crippen LogP contribution in [0.3, 0.4) is 0 Å². The number of carboxylic acids is 1. The van der Waals surface area contributed by atoms with Crippen molar-refractivity contribution < 1.29 is 24.2 Å². The summed E-state index contributed by atoms with van der Waals surface area (Å²) < 4.78 is 5.58. The van der Waals surface area contributed by atoms with E-state index in [4.69, 9.17) is 4.74 Å². The molecule has 0 saturated carbocycles. The zero-order valence-electron chi connectivity index (χ0n) is 19.5. The van der Waals surface area contributed by atoms with Crippen molar-refractivity contribution in [1.29, 1.82) is 0 Å². The molecule has 0 heterocycles. The molecule has 3 rings (SSSR count). The number of carbonyl (C=O) groups excluding carboxylic acids is 2. The average molecular weight is 453 g/mol. The lowest BCUT2D eigenvalue weighted by atomic mass is 9.97. The molecule has 1 aliphatic carbocycles. The maximum Gasteiger partial charge on any atom is 0.407 e. The van der Waals surface area contributed by atoms with Gasteiger partial charge in [0.1, 0.15) is 12.6 Å². The quantitative estimate of drug-likeness (QED) is 0.530. The number of carboxylic acid groups (broad SMARTS) is 1. The molecule has 7 heteroatoms. The van der Waals surface area contributed by atoms with Gasteiger partial charge in [-0.05, 0) is 42.0 Å². The van der Waals surface area contributed by atoms with Gasteiger partial charge >= 0.3 is 12.1 Å². The van der Waals surface area contributed by atoms with E-state index >= 15 is 0 Å². The molecule has 2 aromatic rings. The molecule has 3 N–H and O–H groups in total. The van der Waals surface area contributed by atoms with Gasteiger partial charge in [-0.3, -0.25) is 9.59 Å². The molecule has 33 heavy (non-hydrogen) atoms. The molecule has 0 fully saturated rings. The van der Waals surface area contributed by atoms with Crippen LogP contribution in [-0.2, 0) is 14.3 Å². The fraction of sp³-hybridized carbons (Fsp3) is 0.423. The Balaban J connectivity index is 1.67. The van der Waals surface area contributed by atoms with Crippen LogP contribution in [0, 0.1) is 11.8 Å². The number of amides is 2. The zero-order valence-corrected chi connectivity index (χ0v) is 19.5. The van der Waals surface area contributed by atoms with Crippen molar-refractivity contribution in [2.24, 2.45) is 11.8 Å². The highest BCUT2D eigenvalue weighted by Crippen LogP contribution is 2.44. The summed E-state index contributed by atoms with van der Waals surface area (Å²) in [6.45, 7) is 7.11. The van der Waals surface area contributed by atoms with Gasteiger partial charge in [-0.1, -0.05) is 68.8 Å². The van der Waals surface area contributed by atoms with Gasteiger partial charge in [0.2, 0.25) is 5.91 Å². The minimum Gasteiger partial charge on any atom is -0.481 e. The van der Waals surface area contributed by atoms with Crippen molar-refractivity contribution in [3.63, 3.8) is 0 Å². The first-order chi connectivity index (χ1) is 15.7. The number of fused-ring (bicyclic) bond motifs is 3. The van der Waals surface area contributed by atoms with Gasteiger partial charge in [-0.2, -0.15) is 0 Å². The second-order valence-corrected chi connectivity index (χ2v) is 8.76. The lowest BCUT2D eigenvalue weighted by Gasteiger charge is -2.26. The second kappa shape index (κ2) is 10.5. The van der Waals surface area contributed by atoms with Crippen LogP contribution in [0.1, 0.15) is 51.2 Å². The number of ether oxygens (including phenoxy) is 1. The Bertz CT molecular complexity index is 976. The molecule has 1 aliphatic rings. The number of carbonyl (C=O) groups is 3. The number of hydrogen-bond donors (Lipinski definition) is 3. The van der Waals surface area contributed by atoms with Crippen LogP contribution in [-0.4, -0.2) is 41.8 Å². The highest BCUT2D eigenvalue weighted by molar-refractivity contribution is 5.86. The topological polar surface area (TPSA) is 105 Å². The summed E-state index contributed by atoms with van der Waals surface area (Å²) in [4.78, 5) is 36.7. The molecule has 2 aromatic carbocycles. The van der Waals surface area contributed by atoms with E-state index in [2.05, 4.69) is 22.8 Å². The van der Waals surface area contributed by atoms with Crippen LogP contribution < -0.4 is 10.6 Å². The second-order valence-electron chi connectivity index (χ2n) is 8.76. The summed E-state index contributed by atoms with van der Waals surface area (Å²) in [5.41, 5.74) is 4.50. The Kier molecular flexibility index (Phi) is 7.74. The van der Waals surface area contributed by atoms with Crippen LogP contribution in [0.4, 0.5) is 4.79 Å². The SMILES string of the molecule is CC[C@H](C)[C@H](NC(=O)OCC1c2ccccc2-c2ccccc21)C(=O)NC(C)C(C)C(=O)O. The zero-order chi connectivity index (χ0) is 24.1. The van der Waals surface area contributed by atoms with Gasteiger partial charge in [0, 0.05) is 12.0 Å². The Hall–Kier alpha value is -3.35. The number of rotatable bonds is 9. The maximum absolute atomic E-state index is 12.8. The Morgan fingerprint density at radius 1 is 0.939 bits per heavy atom. The van der Waals surface area contributed by atoms with Crippen molar-refractivity contribution in [3.8, 4) is 11.1 Å². The van der Waals surface area contributed by atoms with Gasteiger partial charge < -0.3 is 20.5 Å². The van der Waals surface area contributed by atoms with Crippen molar-refractivity contribution >= 4 is 18.0 Å². The molecule has 0 bridgehead atoms. The first-order valence-corrected chi connectivity index (χ1v) is 11.4. The van der Waals surface area contributed by atoms with Crippen LogP contribution in [0.25, 0.3) is 11.1 Å². The van der Waals surface area contributed by atoms with E-state index < -0.39 is 36.0 Å². The number of nitrogens with one attached hydrogen (secondary N) is 2. The third kappa shape index (κ3) is 5.35. The smallest absolute Gasteiger partial charge is 0.407 e. The minimum absolute atomic E-state index is 0.0736. The van der Waals surface area contributed by atoms with Crippen LogP contribution in [0.2, 0.25) is 0 Å². The number of hydrogen-bond acceptors (Lipinski definition) is 4. The summed E-state index contributed by atoms with van der Waals surface area (Å²) in [5.74, 6) is -2.39. The lowest BCUT2D eigenvalue weighted by Crippen LogP contribution is -2.53. The molecule has 2 amide bonds. The average Bonchev–Trinajstić information content (AvgIpc) is 3.13. The predicted molar refractivity (Wildman–Crippen MR) is 126 cm³/mol. The molecule has 0 saturated heterocycles. The van der Waals surface area contributed by atoms with Crippen molar-refractivity contribution in [2.45, 2.75) is 52.1 Å². The maximum atomic E-state index is 12.8. The normalized spacial score (nSPS) is 16.0. The summed E-state index contributed by atoms with van der Waals surface area (Å²) in [6.07, 6.45) is -0.0128. The van der Waals surface area contributed by atoms with Gasteiger partial charge in [-0.25, -0.2) is 4.79 Å². The highest BCUT2D eigenvalue weighted by Gasteiger charge is 2.32. The van der Waals surface area contributed by atoms with E-state index in [9.17, 15) is 19.5 Å². The first-order valence-electron chi connectivity index (χ1n) is 11.4. The van der Waals surface area contributed by atoms with E-state index in [1.54, 1.807) is 6.92 Å². The van der Waals surface area contributed by atoms with Crippen LogP contribution in [0.15, 0.2) is 48.5 Å². The Morgan fingerprint density at radius 2 is 1.48 bits per heavy atom. The van der Waals surface area contributed by atoms with Gasteiger partial charge in [-0.15, -0.1) is 0 Å². The van der Waals surface area contributed by atoms with Crippen molar-refractivity contribution in [2.75, 3.05) is 6.61 Å². The standard InChI is InChI=1S/C26H32N2O5/c1-5-15(2)23(24(29)27-17(4)16(3)25(30)31)28-26(32)33-14-22-20-12-8-6-10-18(20)19-11-7-9-13-21(19)22/h6-13,15-17,22-23H,5,14H2,1-4H3,(H,27,29)(H,28,32)(H,30,31)/t15-,16?,17?,23-/m0/s1. The number of benzene rings is 2. The Morgan fingerprint density at radius 3 is 2.00 bits per heavy atom. The van der Waals surface area contributed by atoms with E-state index in [1.165, 1.54) is 6.92 Å². The van der Waals surface area contributed by atoms with E-state index in [-0.39, 0.29) is 18.4 Å². The summed E-state index contributed by atoms with van der Waals surface area (Å²) >= 11 is 0. The molecular formula is C26H32N2O5. The third-order valence-electron chi connectivity index (χ3n) is 6.62. The largest absolute Gasteiger partial charge is 0.481 e.